The van der Waals surface area contributed by atoms with Crippen molar-refractivity contribution < 1.29 is 19.3 Å². The average molecular weight is 320 g/mol. The molecule has 0 unspecified atom stereocenters. The van der Waals surface area contributed by atoms with Gasteiger partial charge in [-0.2, -0.15) is 0 Å². The zero-order chi connectivity index (χ0) is 16.4. The average Bonchev–Trinajstić information content (AvgIpc) is 2.83. The molecular weight excluding hydrogens is 304 g/mol. The van der Waals surface area contributed by atoms with Crippen LogP contribution >= 0.6 is 0 Å². The lowest BCUT2D eigenvalue weighted by Gasteiger charge is -2.19. The standard InChI is InChI=1S/C20H16O4/c1-10-8-11-6-7-13(21)18-16(11)15(9-10)23-20-17-12(19(18)24-20)4-3-5-14(17)22-2/h3-9,19-21H,1-2H3/t19-,20+/m0/s1. The number of rotatable bonds is 1. The van der Waals surface area contributed by atoms with E-state index in [1.165, 1.54) is 0 Å². The highest BCUT2D eigenvalue weighted by molar-refractivity contribution is 5.95. The summed E-state index contributed by atoms with van der Waals surface area (Å²) in [6.45, 7) is 2.03. The fourth-order valence-electron chi connectivity index (χ4n) is 3.86. The van der Waals surface area contributed by atoms with Crippen molar-refractivity contribution in [1.82, 2.24) is 0 Å². The van der Waals surface area contributed by atoms with Crippen molar-refractivity contribution in [2.75, 3.05) is 7.11 Å². The van der Waals surface area contributed by atoms with Gasteiger partial charge in [0.2, 0.25) is 6.29 Å². The van der Waals surface area contributed by atoms with Crippen molar-refractivity contribution in [3.05, 3.63) is 64.7 Å². The molecule has 0 spiro atoms. The SMILES string of the molecule is COc1cccc2c1[C@@H]1Oc3cc(C)cc4ccc(O)c(c34)[C@H]2O1. The molecule has 0 amide bonds. The van der Waals surface area contributed by atoms with E-state index in [1.54, 1.807) is 13.2 Å². The van der Waals surface area contributed by atoms with Crippen LogP contribution in [0.3, 0.4) is 0 Å². The number of aryl methyl sites for hydroxylation is 1. The van der Waals surface area contributed by atoms with E-state index in [-0.39, 0.29) is 11.9 Å². The Hall–Kier alpha value is -2.72. The molecule has 5 rings (SSSR count). The van der Waals surface area contributed by atoms with Gasteiger partial charge < -0.3 is 19.3 Å². The third kappa shape index (κ3) is 1.66. The lowest BCUT2D eigenvalue weighted by atomic mass is 9.91. The van der Waals surface area contributed by atoms with Gasteiger partial charge in [0.25, 0.3) is 0 Å². The van der Waals surface area contributed by atoms with Crippen LogP contribution in [-0.4, -0.2) is 12.2 Å². The van der Waals surface area contributed by atoms with Gasteiger partial charge in [-0.3, -0.25) is 0 Å². The Kier molecular flexibility index (Phi) is 2.65. The van der Waals surface area contributed by atoms with Crippen molar-refractivity contribution >= 4 is 10.8 Å². The third-order valence-corrected chi connectivity index (χ3v) is 4.84. The van der Waals surface area contributed by atoms with E-state index in [4.69, 9.17) is 14.2 Å². The summed E-state index contributed by atoms with van der Waals surface area (Å²) in [5.41, 5.74) is 3.74. The number of fused-ring (bicyclic) bond motifs is 6. The van der Waals surface area contributed by atoms with Gasteiger partial charge in [0.15, 0.2) is 0 Å². The van der Waals surface area contributed by atoms with E-state index in [0.717, 1.165) is 44.5 Å². The van der Waals surface area contributed by atoms with Crippen molar-refractivity contribution in [2.24, 2.45) is 0 Å². The van der Waals surface area contributed by atoms with Gasteiger partial charge in [0, 0.05) is 10.9 Å². The van der Waals surface area contributed by atoms with Crippen LogP contribution in [0.4, 0.5) is 0 Å². The maximum Gasteiger partial charge on any atom is 0.231 e. The summed E-state index contributed by atoms with van der Waals surface area (Å²) in [7, 11) is 1.64. The number of ether oxygens (including phenoxy) is 3. The summed E-state index contributed by atoms with van der Waals surface area (Å²) in [5, 5.41) is 12.5. The van der Waals surface area contributed by atoms with Crippen LogP contribution in [0, 0.1) is 6.92 Å². The molecule has 4 heteroatoms. The van der Waals surface area contributed by atoms with Crippen LogP contribution in [0.25, 0.3) is 10.8 Å². The van der Waals surface area contributed by atoms with E-state index in [0.29, 0.717) is 0 Å². The summed E-state index contributed by atoms with van der Waals surface area (Å²) in [6, 6.07) is 13.6. The highest BCUT2D eigenvalue weighted by Gasteiger charge is 2.41. The number of phenolic OH excluding ortho intramolecular Hbond substituents is 1. The van der Waals surface area contributed by atoms with Crippen molar-refractivity contribution in [1.29, 1.82) is 0 Å². The molecule has 3 aromatic carbocycles. The molecule has 0 radical (unpaired) electrons. The number of aromatic hydroxyl groups is 1. The summed E-state index contributed by atoms with van der Waals surface area (Å²) in [6.07, 6.45) is -0.911. The van der Waals surface area contributed by atoms with Crippen molar-refractivity contribution in [3.8, 4) is 17.2 Å². The maximum atomic E-state index is 10.6. The molecule has 0 saturated heterocycles. The van der Waals surface area contributed by atoms with Gasteiger partial charge in [0.05, 0.1) is 12.7 Å². The van der Waals surface area contributed by atoms with Crippen LogP contribution in [0.1, 0.15) is 34.6 Å². The molecule has 2 bridgehead atoms. The first kappa shape index (κ1) is 13.7. The zero-order valence-electron chi connectivity index (χ0n) is 13.4. The third-order valence-electron chi connectivity index (χ3n) is 4.84. The largest absolute Gasteiger partial charge is 0.508 e. The van der Waals surface area contributed by atoms with Crippen molar-refractivity contribution in [3.63, 3.8) is 0 Å². The summed E-state index contributed by atoms with van der Waals surface area (Å²) >= 11 is 0. The molecule has 4 nitrogen and oxygen atoms in total. The Balaban J connectivity index is 1.89. The van der Waals surface area contributed by atoms with E-state index < -0.39 is 6.29 Å². The van der Waals surface area contributed by atoms with Crippen LogP contribution in [0.2, 0.25) is 0 Å². The van der Waals surface area contributed by atoms with Gasteiger partial charge in [-0.05, 0) is 41.6 Å². The minimum atomic E-state index is -0.544. The van der Waals surface area contributed by atoms with E-state index in [9.17, 15) is 5.11 Å². The predicted octanol–water partition coefficient (Wildman–Crippen LogP) is 4.37. The minimum Gasteiger partial charge on any atom is -0.508 e. The topological polar surface area (TPSA) is 47.9 Å². The quantitative estimate of drug-likeness (QED) is 0.723. The maximum absolute atomic E-state index is 10.6. The normalized spacial score (nSPS) is 20.4. The first-order chi connectivity index (χ1) is 11.7. The molecule has 2 heterocycles. The highest BCUT2D eigenvalue weighted by Crippen LogP contribution is 2.54. The number of benzene rings is 3. The Morgan fingerprint density at radius 1 is 1.08 bits per heavy atom. The molecule has 0 aliphatic carbocycles. The Morgan fingerprint density at radius 2 is 1.96 bits per heavy atom. The van der Waals surface area contributed by atoms with Crippen LogP contribution in [-0.2, 0) is 4.74 Å². The zero-order valence-corrected chi connectivity index (χ0v) is 13.4. The fourth-order valence-corrected chi connectivity index (χ4v) is 3.86. The first-order valence-corrected chi connectivity index (χ1v) is 7.92. The molecule has 24 heavy (non-hydrogen) atoms. The summed E-state index contributed by atoms with van der Waals surface area (Å²) in [4.78, 5) is 0. The minimum absolute atomic E-state index is 0.220. The van der Waals surface area contributed by atoms with E-state index >= 15 is 0 Å². The van der Waals surface area contributed by atoms with E-state index in [2.05, 4.69) is 6.07 Å². The second-order valence-electron chi connectivity index (χ2n) is 6.29. The predicted molar refractivity (Wildman–Crippen MR) is 89.6 cm³/mol. The molecule has 1 N–H and O–H groups in total. The number of phenols is 1. The monoisotopic (exact) mass is 320 g/mol. The van der Waals surface area contributed by atoms with Gasteiger partial charge in [-0.15, -0.1) is 0 Å². The Bertz CT molecular complexity index is 993. The molecule has 120 valence electrons. The van der Waals surface area contributed by atoms with Gasteiger partial charge in [-0.1, -0.05) is 24.3 Å². The summed E-state index contributed by atoms with van der Waals surface area (Å²) < 4.78 is 17.9. The highest BCUT2D eigenvalue weighted by atomic mass is 16.7. The lowest BCUT2D eigenvalue weighted by Crippen LogP contribution is -2.07. The molecule has 0 aromatic heterocycles. The first-order valence-electron chi connectivity index (χ1n) is 7.92. The van der Waals surface area contributed by atoms with Crippen LogP contribution < -0.4 is 9.47 Å². The number of hydrogen-bond donors (Lipinski definition) is 1. The van der Waals surface area contributed by atoms with Crippen LogP contribution in [0.15, 0.2) is 42.5 Å². The molecule has 2 atom stereocenters. The molecule has 2 aliphatic heterocycles. The van der Waals surface area contributed by atoms with Crippen molar-refractivity contribution in [2.45, 2.75) is 19.3 Å². The second kappa shape index (κ2) is 4.65. The number of methoxy groups -OCH3 is 1. The Morgan fingerprint density at radius 3 is 2.79 bits per heavy atom. The number of hydrogen-bond acceptors (Lipinski definition) is 4. The van der Waals surface area contributed by atoms with E-state index in [1.807, 2.05) is 37.3 Å². The fraction of sp³-hybridized carbons (Fsp3) is 0.200. The molecule has 3 aromatic rings. The van der Waals surface area contributed by atoms with Gasteiger partial charge in [0.1, 0.15) is 23.4 Å². The van der Waals surface area contributed by atoms with Gasteiger partial charge >= 0.3 is 0 Å². The summed E-state index contributed by atoms with van der Waals surface area (Å²) in [5.74, 6) is 1.69. The second-order valence-corrected chi connectivity index (χ2v) is 6.29. The van der Waals surface area contributed by atoms with Gasteiger partial charge in [-0.25, -0.2) is 0 Å². The van der Waals surface area contributed by atoms with Crippen LogP contribution in [0.5, 0.6) is 17.2 Å². The smallest absolute Gasteiger partial charge is 0.231 e. The molecule has 2 aliphatic rings. The Labute approximate surface area is 139 Å². The lowest BCUT2D eigenvalue weighted by molar-refractivity contribution is -0.0866. The molecule has 0 saturated carbocycles. The molecule has 0 fully saturated rings. The molecular formula is C20H16O4.